The van der Waals surface area contributed by atoms with E-state index < -0.39 is 6.04 Å². The zero-order chi connectivity index (χ0) is 20.3. The number of allylic oxidation sites excluding steroid dienone is 1. The Hall–Kier alpha value is -2.78. The molecule has 4 heteroatoms. The molecule has 2 N–H and O–H groups in total. The molecule has 0 fully saturated rings. The van der Waals surface area contributed by atoms with E-state index in [1.54, 1.807) is 18.2 Å². The number of aromatic hydroxyl groups is 1. The van der Waals surface area contributed by atoms with Crippen LogP contribution in [0.3, 0.4) is 0 Å². The van der Waals surface area contributed by atoms with Gasteiger partial charge in [0.15, 0.2) is 5.78 Å². The van der Waals surface area contributed by atoms with Crippen LogP contribution in [0.5, 0.6) is 5.75 Å². The summed E-state index contributed by atoms with van der Waals surface area (Å²) in [4.78, 5) is 13.4. The third-order valence-corrected chi connectivity index (χ3v) is 6.27. The number of benzene rings is 3. The lowest BCUT2D eigenvalue weighted by Crippen LogP contribution is -2.33. The van der Waals surface area contributed by atoms with Gasteiger partial charge in [-0.1, -0.05) is 55.8 Å². The largest absolute Gasteiger partial charge is 0.508 e. The second-order valence-corrected chi connectivity index (χ2v) is 9.26. The minimum atomic E-state index is -0.416. The Morgan fingerprint density at radius 2 is 1.86 bits per heavy atom. The van der Waals surface area contributed by atoms with Gasteiger partial charge in [-0.25, -0.2) is 0 Å². The van der Waals surface area contributed by atoms with Crippen molar-refractivity contribution in [1.29, 1.82) is 0 Å². The van der Waals surface area contributed by atoms with Crippen LogP contribution in [0, 0.1) is 5.41 Å². The van der Waals surface area contributed by atoms with Crippen molar-refractivity contribution in [2.24, 2.45) is 5.41 Å². The van der Waals surface area contributed by atoms with Crippen molar-refractivity contribution in [1.82, 2.24) is 0 Å². The average molecular weight is 404 g/mol. The smallest absolute Gasteiger partial charge is 0.162 e. The summed E-state index contributed by atoms with van der Waals surface area (Å²) in [7, 11) is 0. The number of anilines is 1. The lowest BCUT2D eigenvalue weighted by Gasteiger charge is -2.40. The van der Waals surface area contributed by atoms with Crippen molar-refractivity contribution in [2.45, 2.75) is 32.7 Å². The van der Waals surface area contributed by atoms with Gasteiger partial charge >= 0.3 is 0 Å². The molecule has 0 aromatic heterocycles. The van der Waals surface area contributed by atoms with E-state index in [4.69, 9.17) is 11.6 Å². The summed E-state index contributed by atoms with van der Waals surface area (Å²) < 4.78 is 0. The third kappa shape index (κ3) is 2.92. The number of nitrogens with one attached hydrogen (secondary N) is 1. The predicted molar refractivity (Wildman–Crippen MR) is 118 cm³/mol. The quantitative estimate of drug-likeness (QED) is 0.487. The van der Waals surface area contributed by atoms with Gasteiger partial charge in [0.2, 0.25) is 0 Å². The second kappa shape index (κ2) is 6.36. The van der Waals surface area contributed by atoms with Crippen molar-refractivity contribution in [3.63, 3.8) is 0 Å². The highest BCUT2D eigenvalue weighted by atomic mass is 35.5. The molecule has 146 valence electrons. The molecule has 1 aliphatic carbocycles. The SMILES string of the molecule is CC1(C)CC(=O)C2=C(C1)c1c(ccc3ccccc13)N[C@H]2c1cc(Cl)ccc1O. The van der Waals surface area contributed by atoms with Crippen LogP contribution in [0.2, 0.25) is 5.02 Å². The van der Waals surface area contributed by atoms with Gasteiger partial charge in [-0.2, -0.15) is 0 Å². The molecule has 29 heavy (non-hydrogen) atoms. The molecule has 0 saturated carbocycles. The minimum Gasteiger partial charge on any atom is -0.508 e. The van der Waals surface area contributed by atoms with Gasteiger partial charge in [0, 0.05) is 33.8 Å². The van der Waals surface area contributed by atoms with Crippen LogP contribution in [0.4, 0.5) is 5.69 Å². The van der Waals surface area contributed by atoms with E-state index in [1.165, 1.54) is 0 Å². The number of ketones is 1. The van der Waals surface area contributed by atoms with Crippen molar-refractivity contribution < 1.29 is 9.90 Å². The fourth-order valence-electron chi connectivity index (χ4n) is 4.83. The van der Waals surface area contributed by atoms with E-state index in [0.717, 1.165) is 39.6 Å². The molecule has 0 amide bonds. The predicted octanol–water partition coefficient (Wildman–Crippen LogP) is 6.51. The number of fused-ring (bicyclic) bond motifs is 4. The molecule has 1 atom stereocenters. The number of carbonyl (C=O) groups excluding carboxylic acids is 1. The average Bonchev–Trinajstić information content (AvgIpc) is 2.67. The zero-order valence-corrected chi connectivity index (χ0v) is 17.2. The van der Waals surface area contributed by atoms with Crippen LogP contribution in [-0.2, 0) is 4.79 Å². The Morgan fingerprint density at radius 3 is 2.69 bits per heavy atom. The Balaban J connectivity index is 1.82. The number of Topliss-reactive ketones (excluding diaryl/α,β-unsaturated/α-hetero) is 1. The Bertz CT molecular complexity index is 1210. The molecule has 1 heterocycles. The maximum Gasteiger partial charge on any atom is 0.162 e. The molecule has 5 rings (SSSR count). The first-order chi connectivity index (χ1) is 13.8. The molecule has 3 nitrogen and oxygen atoms in total. The molecule has 2 aliphatic rings. The summed E-state index contributed by atoms with van der Waals surface area (Å²) in [6, 6.07) is 17.0. The van der Waals surface area contributed by atoms with Crippen molar-refractivity contribution in [3.05, 3.63) is 76.3 Å². The topological polar surface area (TPSA) is 49.3 Å². The third-order valence-electron chi connectivity index (χ3n) is 6.04. The van der Waals surface area contributed by atoms with Crippen molar-refractivity contribution in [2.75, 3.05) is 5.32 Å². The Labute approximate surface area is 175 Å². The maximum absolute atomic E-state index is 13.4. The summed E-state index contributed by atoms with van der Waals surface area (Å²) in [6.45, 7) is 4.29. The van der Waals surface area contributed by atoms with Gasteiger partial charge in [0.25, 0.3) is 0 Å². The lowest BCUT2D eigenvalue weighted by molar-refractivity contribution is -0.118. The van der Waals surface area contributed by atoms with Gasteiger partial charge < -0.3 is 10.4 Å². The van der Waals surface area contributed by atoms with Crippen LogP contribution in [-0.4, -0.2) is 10.9 Å². The molecule has 1 aliphatic heterocycles. The van der Waals surface area contributed by atoms with Crippen LogP contribution in [0.1, 0.15) is 43.9 Å². The minimum absolute atomic E-state index is 0.109. The normalized spacial score (nSPS) is 20.2. The number of hydrogen-bond donors (Lipinski definition) is 2. The molecule has 0 spiro atoms. The summed E-state index contributed by atoms with van der Waals surface area (Å²) in [5.74, 6) is 0.271. The molecule has 3 aromatic carbocycles. The molecule has 3 aromatic rings. The van der Waals surface area contributed by atoms with E-state index >= 15 is 0 Å². The Kier molecular flexibility index (Phi) is 4.01. The van der Waals surface area contributed by atoms with Crippen LogP contribution in [0.25, 0.3) is 16.3 Å². The molecule has 0 unspecified atom stereocenters. The first-order valence-electron chi connectivity index (χ1n) is 9.87. The second-order valence-electron chi connectivity index (χ2n) is 8.82. The van der Waals surface area contributed by atoms with Gasteiger partial charge in [-0.15, -0.1) is 0 Å². The summed E-state index contributed by atoms with van der Waals surface area (Å²) in [5.41, 5.74) is 4.46. The number of halogens is 1. The van der Waals surface area contributed by atoms with E-state index in [2.05, 4.69) is 43.4 Å². The number of hydrogen-bond acceptors (Lipinski definition) is 3. The molecule has 0 radical (unpaired) electrons. The number of carbonyl (C=O) groups is 1. The zero-order valence-electron chi connectivity index (χ0n) is 16.4. The van der Waals surface area contributed by atoms with E-state index in [0.29, 0.717) is 17.0 Å². The van der Waals surface area contributed by atoms with Gasteiger partial charge in [0.05, 0.1) is 6.04 Å². The highest BCUT2D eigenvalue weighted by Gasteiger charge is 2.41. The van der Waals surface area contributed by atoms with Gasteiger partial charge in [0.1, 0.15) is 5.75 Å². The summed E-state index contributed by atoms with van der Waals surface area (Å²) in [6.07, 6.45) is 1.31. The van der Waals surface area contributed by atoms with Crippen molar-refractivity contribution >= 4 is 39.4 Å². The fraction of sp³-hybridized carbons (Fsp3) is 0.240. The summed E-state index contributed by atoms with van der Waals surface area (Å²) in [5, 5.41) is 16.9. The Morgan fingerprint density at radius 1 is 1.07 bits per heavy atom. The molecule has 0 saturated heterocycles. The van der Waals surface area contributed by atoms with Crippen LogP contribution >= 0.6 is 11.6 Å². The maximum atomic E-state index is 13.4. The highest BCUT2D eigenvalue weighted by Crippen LogP contribution is 2.52. The van der Waals surface area contributed by atoms with Gasteiger partial charge in [-0.3, -0.25) is 4.79 Å². The molecular weight excluding hydrogens is 382 g/mol. The van der Waals surface area contributed by atoms with E-state index in [9.17, 15) is 9.90 Å². The summed E-state index contributed by atoms with van der Waals surface area (Å²) >= 11 is 6.23. The lowest BCUT2D eigenvalue weighted by atomic mass is 9.68. The number of phenolic OH excluding ortho intramolecular Hbond substituents is 1. The number of phenols is 1. The molecule has 0 bridgehead atoms. The highest BCUT2D eigenvalue weighted by molar-refractivity contribution is 6.30. The van der Waals surface area contributed by atoms with E-state index in [-0.39, 0.29) is 16.9 Å². The van der Waals surface area contributed by atoms with E-state index in [1.807, 2.05) is 12.1 Å². The monoisotopic (exact) mass is 403 g/mol. The fourth-order valence-corrected chi connectivity index (χ4v) is 5.01. The number of rotatable bonds is 1. The first-order valence-corrected chi connectivity index (χ1v) is 10.3. The molecular formula is C25H22ClNO2. The first kappa shape index (κ1) is 18.3. The van der Waals surface area contributed by atoms with Crippen LogP contribution in [0.15, 0.2) is 60.2 Å². The van der Waals surface area contributed by atoms with Gasteiger partial charge in [-0.05, 0) is 52.4 Å². The van der Waals surface area contributed by atoms with Crippen LogP contribution < -0.4 is 5.32 Å². The van der Waals surface area contributed by atoms with Crippen molar-refractivity contribution in [3.8, 4) is 5.75 Å². The standard InChI is InChI=1S/C25H22ClNO2/c1-25(2)12-18-22-16-6-4-3-5-14(16)7-9-19(22)27-24(23(18)21(29)13-25)17-11-15(26)8-10-20(17)28/h3-11,24,27-28H,12-13H2,1-2H3/t24-/m0/s1.